The van der Waals surface area contributed by atoms with E-state index in [1.807, 2.05) is 0 Å². The zero-order chi connectivity index (χ0) is 26.3. The fourth-order valence-corrected chi connectivity index (χ4v) is 5.71. The van der Waals surface area contributed by atoms with Crippen LogP contribution in [0.1, 0.15) is 78.6 Å². The summed E-state index contributed by atoms with van der Waals surface area (Å²) in [5.74, 6) is 2.48. The molecule has 200 valence electrons. The second-order valence-corrected chi connectivity index (χ2v) is 10.5. The van der Waals surface area contributed by atoms with Gasteiger partial charge in [0.05, 0.1) is 19.8 Å². The van der Waals surface area contributed by atoms with Crippen molar-refractivity contribution in [3.8, 4) is 17.2 Å². The van der Waals surface area contributed by atoms with Crippen molar-refractivity contribution in [3.63, 3.8) is 0 Å². The fraction of sp³-hybridized carbons (Fsp3) is 0.429. The minimum absolute atomic E-state index is 0.663. The second-order valence-electron chi connectivity index (χ2n) is 10.5. The summed E-state index contributed by atoms with van der Waals surface area (Å²) in [5, 5.41) is 9.79. The number of benzene rings is 5. The molecule has 0 unspecified atom stereocenters. The quantitative estimate of drug-likeness (QED) is 0.0796. The summed E-state index contributed by atoms with van der Waals surface area (Å²) in [4.78, 5) is 0. The summed E-state index contributed by atoms with van der Waals surface area (Å²) in [5.41, 5.74) is 0. The van der Waals surface area contributed by atoms with Crippen molar-refractivity contribution in [3.05, 3.63) is 54.6 Å². The monoisotopic (exact) mass is 510 g/mol. The van der Waals surface area contributed by atoms with Gasteiger partial charge in [0.15, 0.2) is 11.5 Å². The highest BCUT2D eigenvalue weighted by atomic mass is 16.5. The summed E-state index contributed by atoms with van der Waals surface area (Å²) < 4.78 is 20.0. The number of unbranched alkanes of at least 4 members (excludes halogenated alkanes) is 6. The Labute approximate surface area is 227 Å². The van der Waals surface area contributed by atoms with E-state index in [1.165, 1.54) is 38.7 Å². The third-order valence-corrected chi connectivity index (χ3v) is 7.65. The molecule has 5 aromatic rings. The lowest BCUT2D eigenvalue weighted by molar-refractivity contribution is 0.239. The van der Waals surface area contributed by atoms with Gasteiger partial charge in [0, 0.05) is 16.2 Å². The Morgan fingerprint density at radius 3 is 1.50 bits per heavy atom. The fourth-order valence-electron chi connectivity index (χ4n) is 5.71. The molecule has 3 heteroatoms. The van der Waals surface area contributed by atoms with Crippen LogP contribution in [0.2, 0.25) is 0 Å². The van der Waals surface area contributed by atoms with E-state index in [2.05, 4.69) is 75.4 Å². The number of fused-ring (bicyclic) bond motifs is 2. The lowest BCUT2D eigenvalue weighted by Gasteiger charge is -2.24. The predicted molar refractivity (Wildman–Crippen MR) is 163 cm³/mol. The lowest BCUT2D eigenvalue weighted by Crippen LogP contribution is -2.08. The zero-order valence-corrected chi connectivity index (χ0v) is 23.4. The minimum atomic E-state index is 0.663. The maximum absolute atomic E-state index is 6.72. The summed E-state index contributed by atoms with van der Waals surface area (Å²) in [6.07, 6.45) is 10.0. The van der Waals surface area contributed by atoms with Crippen LogP contribution < -0.4 is 14.2 Å². The second kappa shape index (κ2) is 12.6. The third kappa shape index (κ3) is 5.08. The molecule has 0 aliphatic heterocycles. The van der Waals surface area contributed by atoms with Crippen LogP contribution in [0.15, 0.2) is 54.6 Å². The van der Waals surface area contributed by atoms with E-state index in [-0.39, 0.29) is 0 Å². The first-order valence-corrected chi connectivity index (χ1v) is 14.8. The Hall–Kier alpha value is -3.20. The van der Waals surface area contributed by atoms with Crippen LogP contribution in [0, 0.1) is 0 Å². The number of ether oxygens (including phenoxy) is 3. The Balaban J connectivity index is 1.80. The minimum Gasteiger partial charge on any atom is -0.489 e. The van der Waals surface area contributed by atoms with E-state index in [1.54, 1.807) is 0 Å². The maximum atomic E-state index is 6.72. The molecule has 0 N–H and O–H groups in total. The summed E-state index contributed by atoms with van der Waals surface area (Å²) in [6.45, 7) is 8.70. The normalized spacial score (nSPS) is 11.8. The van der Waals surface area contributed by atoms with Gasteiger partial charge in [0.25, 0.3) is 0 Å². The molecule has 0 atom stereocenters. The van der Waals surface area contributed by atoms with E-state index in [0.717, 1.165) is 79.4 Å². The molecule has 0 spiro atoms. The van der Waals surface area contributed by atoms with Crippen LogP contribution in [0.4, 0.5) is 0 Å². The molecule has 38 heavy (non-hydrogen) atoms. The first-order valence-electron chi connectivity index (χ1n) is 14.8. The van der Waals surface area contributed by atoms with E-state index in [9.17, 15) is 0 Å². The van der Waals surface area contributed by atoms with E-state index >= 15 is 0 Å². The summed E-state index contributed by atoms with van der Waals surface area (Å²) >= 11 is 0. The molecular formula is C35H42O3. The Morgan fingerprint density at radius 2 is 0.895 bits per heavy atom. The van der Waals surface area contributed by atoms with Gasteiger partial charge in [0.2, 0.25) is 5.75 Å². The van der Waals surface area contributed by atoms with Gasteiger partial charge in [-0.1, -0.05) is 114 Å². The van der Waals surface area contributed by atoms with Crippen LogP contribution in [0.3, 0.4) is 0 Å². The molecule has 5 rings (SSSR count). The molecule has 0 bridgehead atoms. The number of hydrogen-bond acceptors (Lipinski definition) is 3. The molecule has 0 saturated heterocycles. The predicted octanol–water partition coefficient (Wildman–Crippen LogP) is 10.4. The van der Waals surface area contributed by atoms with Gasteiger partial charge in [-0.2, -0.15) is 0 Å². The molecule has 0 aliphatic carbocycles. The molecule has 0 aromatic heterocycles. The van der Waals surface area contributed by atoms with Crippen molar-refractivity contribution >= 4 is 43.1 Å². The van der Waals surface area contributed by atoms with Crippen molar-refractivity contribution in [2.45, 2.75) is 78.6 Å². The van der Waals surface area contributed by atoms with Gasteiger partial charge in [-0.05, 0) is 46.2 Å². The van der Waals surface area contributed by atoms with Crippen molar-refractivity contribution in [1.29, 1.82) is 0 Å². The molecule has 0 aliphatic rings. The highest BCUT2D eigenvalue weighted by Gasteiger charge is 2.25. The SMILES string of the molecule is CCCCCOc1c(OCCCCC)c2cccc3c4cccc5cccc(c(c1OCCCCC)c23)c54. The van der Waals surface area contributed by atoms with Crippen LogP contribution in [0.5, 0.6) is 17.2 Å². The Kier molecular flexibility index (Phi) is 8.73. The van der Waals surface area contributed by atoms with Crippen LogP contribution in [-0.4, -0.2) is 19.8 Å². The van der Waals surface area contributed by atoms with Crippen LogP contribution in [0.25, 0.3) is 43.1 Å². The van der Waals surface area contributed by atoms with Gasteiger partial charge < -0.3 is 14.2 Å². The van der Waals surface area contributed by atoms with Gasteiger partial charge in [-0.3, -0.25) is 0 Å². The number of hydrogen-bond donors (Lipinski definition) is 0. The molecule has 0 heterocycles. The first kappa shape index (κ1) is 26.4. The highest BCUT2D eigenvalue weighted by molar-refractivity contribution is 6.35. The average Bonchev–Trinajstić information content (AvgIpc) is 2.95. The molecular weight excluding hydrogens is 468 g/mol. The standard InChI is InChI=1S/C35H42O3/c1-4-7-10-22-36-33-29-21-15-19-27-26-18-13-16-25-17-14-20-28(30(25)26)32(31(27)29)34(37-23-11-8-5-2)35(33)38-24-12-9-6-3/h13-21H,4-12,22-24H2,1-3H3. The van der Waals surface area contributed by atoms with E-state index in [0.29, 0.717) is 19.8 Å². The van der Waals surface area contributed by atoms with Crippen LogP contribution in [-0.2, 0) is 0 Å². The zero-order valence-electron chi connectivity index (χ0n) is 23.4. The topological polar surface area (TPSA) is 27.7 Å². The molecule has 0 amide bonds. The lowest BCUT2D eigenvalue weighted by atomic mass is 9.88. The molecule has 0 saturated carbocycles. The smallest absolute Gasteiger partial charge is 0.204 e. The Morgan fingerprint density at radius 1 is 0.421 bits per heavy atom. The van der Waals surface area contributed by atoms with Crippen molar-refractivity contribution in [2.75, 3.05) is 19.8 Å². The molecule has 3 nitrogen and oxygen atoms in total. The van der Waals surface area contributed by atoms with Gasteiger partial charge in [-0.15, -0.1) is 0 Å². The van der Waals surface area contributed by atoms with E-state index < -0.39 is 0 Å². The van der Waals surface area contributed by atoms with Crippen molar-refractivity contribution < 1.29 is 14.2 Å². The van der Waals surface area contributed by atoms with Gasteiger partial charge >= 0.3 is 0 Å². The highest BCUT2D eigenvalue weighted by Crippen LogP contribution is 2.53. The largest absolute Gasteiger partial charge is 0.489 e. The molecule has 5 aromatic carbocycles. The van der Waals surface area contributed by atoms with Gasteiger partial charge in [0.1, 0.15) is 0 Å². The molecule has 0 fully saturated rings. The molecule has 0 radical (unpaired) electrons. The van der Waals surface area contributed by atoms with Gasteiger partial charge in [-0.25, -0.2) is 0 Å². The summed E-state index contributed by atoms with van der Waals surface area (Å²) in [6, 6.07) is 19.9. The average molecular weight is 511 g/mol. The summed E-state index contributed by atoms with van der Waals surface area (Å²) in [7, 11) is 0. The Bertz CT molecular complexity index is 1480. The maximum Gasteiger partial charge on any atom is 0.204 e. The van der Waals surface area contributed by atoms with Crippen LogP contribution >= 0.6 is 0 Å². The van der Waals surface area contributed by atoms with Crippen molar-refractivity contribution in [1.82, 2.24) is 0 Å². The van der Waals surface area contributed by atoms with Crippen molar-refractivity contribution in [2.24, 2.45) is 0 Å². The first-order chi connectivity index (χ1) is 18.8. The van der Waals surface area contributed by atoms with E-state index in [4.69, 9.17) is 14.2 Å². The number of rotatable bonds is 15. The third-order valence-electron chi connectivity index (χ3n) is 7.65.